The van der Waals surface area contributed by atoms with Gasteiger partial charge in [0.15, 0.2) is 0 Å². The number of nitrogens with zero attached hydrogens (tertiary/aromatic N) is 1. The molecule has 1 aliphatic rings. The smallest absolute Gasteiger partial charge is 0.0451 e. The average Bonchev–Trinajstić information content (AvgIpc) is 3.26. The van der Waals surface area contributed by atoms with Gasteiger partial charge >= 0.3 is 0 Å². The van der Waals surface area contributed by atoms with E-state index in [4.69, 9.17) is 11.6 Å². The van der Waals surface area contributed by atoms with Gasteiger partial charge in [-0.3, -0.25) is 4.90 Å². The largest absolute Gasteiger partial charge is 0.292 e. The van der Waals surface area contributed by atoms with E-state index in [1.807, 2.05) is 12.1 Å². The molecule has 1 aliphatic carbocycles. The second kappa shape index (κ2) is 5.77. The van der Waals surface area contributed by atoms with Gasteiger partial charge in [-0.2, -0.15) is 0 Å². The van der Waals surface area contributed by atoms with Crippen molar-refractivity contribution in [3.63, 3.8) is 0 Å². The Morgan fingerprint density at radius 3 is 2.26 bits per heavy atom. The summed E-state index contributed by atoms with van der Waals surface area (Å²) in [5.74, 6) is 0. The Bertz CT molecular complexity index is 534. The van der Waals surface area contributed by atoms with Gasteiger partial charge in [0, 0.05) is 24.2 Å². The third-order valence-electron chi connectivity index (χ3n) is 3.62. The van der Waals surface area contributed by atoms with Crippen molar-refractivity contribution in [1.29, 1.82) is 0 Å². The van der Waals surface area contributed by atoms with Crippen LogP contribution < -0.4 is 0 Å². The third-order valence-corrected chi connectivity index (χ3v) is 3.99. The van der Waals surface area contributed by atoms with E-state index in [-0.39, 0.29) is 0 Å². The summed E-state index contributed by atoms with van der Waals surface area (Å²) in [6.07, 6.45) is 2.63. The van der Waals surface area contributed by atoms with Crippen LogP contribution >= 0.6 is 11.6 Å². The normalized spacial score (nSPS) is 14.8. The summed E-state index contributed by atoms with van der Waals surface area (Å²) in [4.78, 5) is 2.54. The first-order valence-corrected chi connectivity index (χ1v) is 7.22. The number of rotatable bonds is 5. The molecule has 0 saturated heterocycles. The zero-order valence-electron chi connectivity index (χ0n) is 10.9. The lowest BCUT2D eigenvalue weighted by molar-refractivity contribution is 0.246. The van der Waals surface area contributed by atoms with Crippen LogP contribution in [0.3, 0.4) is 0 Å². The van der Waals surface area contributed by atoms with Gasteiger partial charge in [0.05, 0.1) is 0 Å². The molecule has 0 amide bonds. The highest BCUT2D eigenvalue weighted by molar-refractivity contribution is 6.31. The van der Waals surface area contributed by atoms with Crippen molar-refractivity contribution in [2.45, 2.75) is 32.0 Å². The Morgan fingerprint density at radius 2 is 1.58 bits per heavy atom. The molecule has 1 fully saturated rings. The van der Waals surface area contributed by atoms with E-state index < -0.39 is 0 Å². The molecule has 0 N–H and O–H groups in total. The standard InChI is InChI=1S/C17H18ClN/c18-17-9-5-4-8-15(17)13-19(16-10-11-16)12-14-6-2-1-3-7-14/h1-9,16H,10-13H2. The maximum atomic E-state index is 6.27. The van der Waals surface area contributed by atoms with Gasteiger partial charge in [0.1, 0.15) is 0 Å². The maximum absolute atomic E-state index is 6.27. The average molecular weight is 272 g/mol. The first kappa shape index (κ1) is 12.7. The first-order chi connectivity index (χ1) is 9.33. The van der Waals surface area contributed by atoms with Crippen LogP contribution in [-0.4, -0.2) is 10.9 Å². The Kier molecular flexibility index (Phi) is 3.86. The maximum Gasteiger partial charge on any atom is 0.0451 e. The van der Waals surface area contributed by atoms with Gasteiger partial charge in [-0.25, -0.2) is 0 Å². The van der Waals surface area contributed by atoms with Crippen LogP contribution in [0.4, 0.5) is 0 Å². The van der Waals surface area contributed by atoms with E-state index in [1.165, 1.54) is 24.0 Å². The molecule has 0 aromatic heterocycles. The molecule has 1 saturated carbocycles. The number of benzene rings is 2. The van der Waals surface area contributed by atoms with Crippen LogP contribution in [0.2, 0.25) is 5.02 Å². The molecule has 2 aromatic rings. The molecule has 0 bridgehead atoms. The van der Waals surface area contributed by atoms with Crippen molar-refractivity contribution in [3.05, 3.63) is 70.7 Å². The zero-order chi connectivity index (χ0) is 13.1. The van der Waals surface area contributed by atoms with Crippen LogP contribution in [0.5, 0.6) is 0 Å². The monoisotopic (exact) mass is 271 g/mol. The molecule has 0 spiro atoms. The molecular formula is C17H18ClN. The minimum Gasteiger partial charge on any atom is -0.292 e. The second-order valence-electron chi connectivity index (χ2n) is 5.21. The molecule has 0 unspecified atom stereocenters. The first-order valence-electron chi connectivity index (χ1n) is 6.84. The van der Waals surface area contributed by atoms with Crippen LogP contribution in [0, 0.1) is 0 Å². The minimum atomic E-state index is 0.733. The molecule has 0 heterocycles. The molecule has 19 heavy (non-hydrogen) atoms. The van der Waals surface area contributed by atoms with E-state index in [9.17, 15) is 0 Å². The number of halogens is 1. The van der Waals surface area contributed by atoms with Crippen molar-refractivity contribution in [2.24, 2.45) is 0 Å². The lowest BCUT2D eigenvalue weighted by atomic mass is 10.1. The molecule has 0 atom stereocenters. The molecule has 1 nitrogen and oxygen atoms in total. The Labute approximate surface area is 119 Å². The molecule has 2 heteroatoms. The molecule has 98 valence electrons. The highest BCUT2D eigenvalue weighted by Gasteiger charge is 2.29. The second-order valence-corrected chi connectivity index (χ2v) is 5.62. The SMILES string of the molecule is Clc1ccccc1CN(Cc1ccccc1)C1CC1. The van der Waals surface area contributed by atoms with Gasteiger partial charge in [0.25, 0.3) is 0 Å². The summed E-state index contributed by atoms with van der Waals surface area (Å²) in [5, 5.41) is 0.876. The fourth-order valence-corrected chi connectivity index (χ4v) is 2.61. The molecule has 0 radical (unpaired) electrons. The number of hydrogen-bond acceptors (Lipinski definition) is 1. The van der Waals surface area contributed by atoms with Gasteiger partial charge in [-0.05, 0) is 30.0 Å². The molecular weight excluding hydrogens is 254 g/mol. The van der Waals surface area contributed by atoms with Crippen LogP contribution in [-0.2, 0) is 13.1 Å². The summed E-state index contributed by atoms with van der Waals surface area (Å²) in [5.41, 5.74) is 2.61. The molecule has 2 aromatic carbocycles. The minimum absolute atomic E-state index is 0.733. The van der Waals surface area contributed by atoms with Gasteiger partial charge < -0.3 is 0 Å². The van der Waals surface area contributed by atoms with E-state index in [0.29, 0.717) is 0 Å². The van der Waals surface area contributed by atoms with Crippen molar-refractivity contribution in [1.82, 2.24) is 4.90 Å². The molecule has 3 rings (SSSR count). The van der Waals surface area contributed by atoms with Crippen LogP contribution in [0.1, 0.15) is 24.0 Å². The highest BCUT2D eigenvalue weighted by Crippen LogP contribution is 2.31. The summed E-state index contributed by atoms with van der Waals surface area (Å²) in [6.45, 7) is 1.95. The van der Waals surface area contributed by atoms with E-state index in [2.05, 4.69) is 47.4 Å². The van der Waals surface area contributed by atoms with Crippen LogP contribution in [0.15, 0.2) is 54.6 Å². The quantitative estimate of drug-likeness (QED) is 0.774. The Morgan fingerprint density at radius 1 is 0.895 bits per heavy atom. The fourth-order valence-electron chi connectivity index (χ4n) is 2.42. The van der Waals surface area contributed by atoms with E-state index in [0.717, 1.165) is 24.2 Å². The summed E-state index contributed by atoms with van der Waals surface area (Å²) in [7, 11) is 0. The summed E-state index contributed by atoms with van der Waals surface area (Å²) < 4.78 is 0. The van der Waals surface area contributed by atoms with Crippen molar-refractivity contribution < 1.29 is 0 Å². The highest BCUT2D eigenvalue weighted by atomic mass is 35.5. The van der Waals surface area contributed by atoms with Crippen molar-refractivity contribution in [2.75, 3.05) is 0 Å². The lowest BCUT2D eigenvalue weighted by Crippen LogP contribution is -2.25. The van der Waals surface area contributed by atoms with Gasteiger partial charge in [-0.15, -0.1) is 0 Å². The van der Waals surface area contributed by atoms with E-state index >= 15 is 0 Å². The van der Waals surface area contributed by atoms with Gasteiger partial charge in [-0.1, -0.05) is 60.1 Å². The Hall–Kier alpha value is -1.31. The topological polar surface area (TPSA) is 3.24 Å². The Balaban J connectivity index is 1.73. The van der Waals surface area contributed by atoms with Gasteiger partial charge in [0.2, 0.25) is 0 Å². The summed E-state index contributed by atoms with van der Waals surface area (Å²) in [6, 6.07) is 19.6. The van der Waals surface area contributed by atoms with E-state index in [1.54, 1.807) is 0 Å². The van der Waals surface area contributed by atoms with Crippen molar-refractivity contribution in [3.8, 4) is 0 Å². The predicted molar refractivity (Wildman–Crippen MR) is 80.2 cm³/mol. The van der Waals surface area contributed by atoms with Crippen LogP contribution in [0.25, 0.3) is 0 Å². The number of hydrogen-bond donors (Lipinski definition) is 0. The lowest BCUT2D eigenvalue weighted by Gasteiger charge is -2.22. The fraction of sp³-hybridized carbons (Fsp3) is 0.294. The zero-order valence-corrected chi connectivity index (χ0v) is 11.7. The predicted octanol–water partition coefficient (Wildman–Crippen LogP) is 4.50. The third kappa shape index (κ3) is 3.37. The molecule has 0 aliphatic heterocycles. The summed E-state index contributed by atoms with van der Waals surface area (Å²) >= 11 is 6.27. The van der Waals surface area contributed by atoms with Crippen molar-refractivity contribution >= 4 is 11.6 Å².